The van der Waals surface area contributed by atoms with Gasteiger partial charge in [0.15, 0.2) is 0 Å². The number of rotatable bonds is 2. The van der Waals surface area contributed by atoms with Crippen molar-refractivity contribution in [2.75, 3.05) is 13.1 Å². The topological polar surface area (TPSA) is 49.4 Å². The van der Waals surface area contributed by atoms with E-state index in [9.17, 15) is 9.59 Å². The van der Waals surface area contributed by atoms with Crippen LogP contribution in [0.4, 0.5) is 0 Å². The number of carbonyl (C=O) groups excluding carboxylic acids is 2. The van der Waals surface area contributed by atoms with Crippen LogP contribution in [0.5, 0.6) is 0 Å². The van der Waals surface area contributed by atoms with E-state index in [-0.39, 0.29) is 24.4 Å². The first kappa shape index (κ1) is 12.9. The SMILES string of the molecule is CC(c1ccc(Cl)cc1)N1CCC(=O)NCC1=O. The van der Waals surface area contributed by atoms with Crippen LogP contribution in [0.15, 0.2) is 24.3 Å². The summed E-state index contributed by atoms with van der Waals surface area (Å²) >= 11 is 5.84. The number of hydrogen-bond donors (Lipinski definition) is 1. The van der Waals surface area contributed by atoms with Crippen molar-refractivity contribution in [1.82, 2.24) is 10.2 Å². The van der Waals surface area contributed by atoms with E-state index in [2.05, 4.69) is 5.32 Å². The Kier molecular flexibility index (Phi) is 3.87. The van der Waals surface area contributed by atoms with Crippen molar-refractivity contribution in [3.63, 3.8) is 0 Å². The Bertz CT molecular complexity index is 459. The van der Waals surface area contributed by atoms with Gasteiger partial charge in [-0.1, -0.05) is 23.7 Å². The van der Waals surface area contributed by atoms with Gasteiger partial charge in [0.05, 0.1) is 12.6 Å². The van der Waals surface area contributed by atoms with Gasteiger partial charge in [0, 0.05) is 18.0 Å². The van der Waals surface area contributed by atoms with E-state index >= 15 is 0 Å². The van der Waals surface area contributed by atoms with E-state index in [0.29, 0.717) is 18.0 Å². The molecular formula is C13H15ClN2O2. The average molecular weight is 267 g/mol. The summed E-state index contributed by atoms with van der Waals surface area (Å²) < 4.78 is 0. The molecule has 1 heterocycles. The molecule has 18 heavy (non-hydrogen) atoms. The third-order valence-electron chi connectivity index (χ3n) is 3.16. The normalized spacial score (nSPS) is 18.2. The van der Waals surface area contributed by atoms with Crippen molar-refractivity contribution < 1.29 is 9.59 Å². The van der Waals surface area contributed by atoms with Crippen LogP contribution >= 0.6 is 11.6 Å². The Morgan fingerprint density at radius 1 is 1.28 bits per heavy atom. The van der Waals surface area contributed by atoms with Crippen molar-refractivity contribution in [2.45, 2.75) is 19.4 Å². The highest BCUT2D eigenvalue weighted by Gasteiger charge is 2.25. The molecule has 96 valence electrons. The zero-order valence-electron chi connectivity index (χ0n) is 10.1. The standard InChI is InChI=1S/C13H15ClN2O2/c1-9(10-2-4-11(14)5-3-10)16-7-6-12(17)15-8-13(16)18/h2-5,9H,6-8H2,1H3,(H,15,17). The monoisotopic (exact) mass is 266 g/mol. The van der Waals surface area contributed by atoms with Gasteiger partial charge in [-0.15, -0.1) is 0 Å². The second kappa shape index (κ2) is 5.40. The molecule has 0 aromatic heterocycles. The minimum absolute atomic E-state index is 0.0525. The third kappa shape index (κ3) is 2.82. The minimum atomic E-state index is -0.0749. The first-order valence-corrected chi connectivity index (χ1v) is 6.27. The van der Waals surface area contributed by atoms with E-state index < -0.39 is 0 Å². The smallest absolute Gasteiger partial charge is 0.242 e. The van der Waals surface area contributed by atoms with Crippen LogP contribution in [0.25, 0.3) is 0 Å². The Labute approximate surface area is 111 Å². The van der Waals surface area contributed by atoms with Gasteiger partial charge in [0.25, 0.3) is 0 Å². The van der Waals surface area contributed by atoms with Gasteiger partial charge in [-0.2, -0.15) is 0 Å². The fraction of sp³-hybridized carbons (Fsp3) is 0.385. The maximum atomic E-state index is 11.9. The molecule has 1 aromatic rings. The summed E-state index contributed by atoms with van der Waals surface area (Å²) in [4.78, 5) is 24.9. The summed E-state index contributed by atoms with van der Waals surface area (Å²) in [5.74, 6) is -0.127. The molecule has 1 saturated heterocycles. The molecule has 1 N–H and O–H groups in total. The molecule has 4 nitrogen and oxygen atoms in total. The quantitative estimate of drug-likeness (QED) is 0.887. The van der Waals surface area contributed by atoms with Gasteiger partial charge in [-0.05, 0) is 24.6 Å². The Hall–Kier alpha value is -1.55. The molecule has 1 aliphatic heterocycles. The molecule has 2 amide bonds. The van der Waals surface area contributed by atoms with Gasteiger partial charge in [-0.3, -0.25) is 9.59 Å². The molecule has 0 saturated carbocycles. The van der Waals surface area contributed by atoms with Crippen molar-refractivity contribution in [1.29, 1.82) is 0 Å². The molecule has 1 fully saturated rings. The lowest BCUT2D eigenvalue weighted by Crippen LogP contribution is -2.37. The summed E-state index contributed by atoms with van der Waals surface area (Å²) in [6, 6.07) is 7.36. The van der Waals surface area contributed by atoms with Crippen molar-refractivity contribution in [2.24, 2.45) is 0 Å². The number of nitrogens with one attached hydrogen (secondary N) is 1. The Morgan fingerprint density at radius 2 is 1.94 bits per heavy atom. The van der Waals surface area contributed by atoms with Crippen LogP contribution in [-0.2, 0) is 9.59 Å². The fourth-order valence-electron chi connectivity index (χ4n) is 2.04. The lowest BCUT2D eigenvalue weighted by atomic mass is 10.1. The van der Waals surface area contributed by atoms with Gasteiger partial charge in [-0.25, -0.2) is 0 Å². The average Bonchev–Trinajstić information content (AvgIpc) is 2.52. The minimum Gasteiger partial charge on any atom is -0.347 e. The first-order valence-electron chi connectivity index (χ1n) is 5.89. The number of hydrogen-bond acceptors (Lipinski definition) is 2. The zero-order valence-corrected chi connectivity index (χ0v) is 10.9. The van der Waals surface area contributed by atoms with Gasteiger partial charge >= 0.3 is 0 Å². The van der Waals surface area contributed by atoms with Gasteiger partial charge in [0.2, 0.25) is 11.8 Å². The summed E-state index contributed by atoms with van der Waals surface area (Å²) in [6.45, 7) is 2.49. The number of halogens is 1. The molecule has 1 aromatic carbocycles. The molecule has 0 spiro atoms. The van der Waals surface area contributed by atoms with Crippen molar-refractivity contribution >= 4 is 23.4 Å². The molecule has 0 aliphatic carbocycles. The highest BCUT2D eigenvalue weighted by molar-refractivity contribution is 6.30. The van der Waals surface area contributed by atoms with Crippen LogP contribution in [0, 0.1) is 0 Å². The first-order chi connectivity index (χ1) is 8.58. The van der Waals surface area contributed by atoms with E-state index in [4.69, 9.17) is 11.6 Å². The second-order valence-corrected chi connectivity index (χ2v) is 4.78. The van der Waals surface area contributed by atoms with Gasteiger partial charge in [0.1, 0.15) is 0 Å². The van der Waals surface area contributed by atoms with Crippen molar-refractivity contribution in [3.8, 4) is 0 Å². The molecule has 1 aliphatic rings. The molecule has 0 radical (unpaired) electrons. The maximum Gasteiger partial charge on any atom is 0.242 e. The zero-order chi connectivity index (χ0) is 13.1. The van der Waals surface area contributed by atoms with Crippen LogP contribution in [0.2, 0.25) is 5.02 Å². The molecule has 1 unspecified atom stereocenters. The van der Waals surface area contributed by atoms with E-state index in [1.54, 1.807) is 17.0 Å². The summed E-state index contributed by atoms with van der Waals surface area (Å²) in [7, 11) is 0. The molecule has 1 atom stereocenters. The van der Waals surface area contributed by atoms with Crippen molar-refractivity contribution in [3.05, 3.63) is 34.9 Å². The van der Waals surface area contributed by atoms with E-state index in [1.807, 2.05) is 19.1 Å². The highest BCUT2D eigenvalue weighted by Crippen LogP contribution is 2.22. The molecule has 2 rings (SSSR count). The van der Waals surface area contributed by atoms with Crippen LogP contribution in [0.3, 0.4) is 0 Å². The Morgan fingerprint density at radius 3 is 2.61 bits per heavy atom. The lowest BCUT2D eigenvalue weighted by Gasteiger charge is -2.27. The van der Waals surface area contributed by atoms with Crippen LogP contribution in [-0.4, -0.2) is 29.8 Å². The van der Waals surface area contributed by atoms with Crippen LogP contribution in [0.1, 0.15) is 24.9 Å². The van der Waals surface area contributed by atoms with Gasteiger partial charge < -0.3 is 10.2 Å². The summed E-state index contributed by atoms with van der Waals surface area (Å²) in [5, 5.41) is 3.26. The number of carbonyl (C=O) groups is 2. The summed E-state index contributed by atoms with van der Waals surface area (Å²) in [5.41, 5.74) is 1.02. The van der Waals surface area contributed by atoms with E-state index in [0.717, 1.165) is 5.56 Å². The number of nitrogens with zero attached hydrogens (tertiary/aromatic N) is 1. The molecule has 0 bridgehead atoms. The number of amides is 2. The lowest BCUT2D eigenvalue weighted by molar-refractivity contribution is -0.132. The highest BCUT2D eigenvalue weighted by atomic mass is 35.5. The predicted octanol–water partition coefficient (Wildman–Crippen LogP) is 1.75. The van der Waals surface area contributed by atoms with E-state index in [1.165, 1.54) is 0 Å². The second-order valence-electron chi connectivity index (χ2n) is 4.34. The largest absolute Gasteiger partial charge is 0.347 e. The fourth-order valence-corrected chi connectivity index (χ4v) is 2.17. The Balaban J connectivity index is 2.16. The third-order valence-corrected chi connectivity index (χ3v) is 3.41. The molecular weight excluding hydrogens is 252 g/mol. The maximum absolute atomic E-state index is 11.9. The number of benzene rings is 1. The predicted molar refractivity (Wildman–Crippen MR) is 69.2 cm³/mol. The molecule has 5 heteroatoms. The summed E-state index contributed by atoms with van der Waals surface area (Å²) in [6.07, 6.45) is 0.351. The van der Waals surface area contributed by atoms with Crippen LogP contribution < -0.4 is 5.32 Å².